The first-order chi connectivity index (χ1) is 10.6. The number of nitrogens with zero attached hydrogens (tertiary/aromatic N) is 2. The molecule has 0 spiro atoms. The third kappa shape index (κ3) is 2.88. The lowest BCUT2D eigenvalue weighted by atomic mass is 9.92. The number of hydrogen-bond acceptors (Lipinski definition) is 2. The molecular formula is C16H18F3N3. The summed E-state index contributed by atoms with van der Waals surface area (Å²) in [4.78, 5) is 1.97. The number of aryl methyl sites for hydroxylation is 1. The van der Waals surface area contributed by atoms with Crippen molar-refractivity contribution in [1.82, 2.24) is 15.1 Å². The summed E-state index contributed by atoms with van der Waals surface area (Å²) in [6, 6.07) is 1.80. The summed E-state index contributed by atoms with van der Waals surface area (Å²) in [6.07, 6.45) is 3.72. The van der Waals surface area contributed by atoms with Crippen molar-refractivity contribution in [1.29, 1.82) is 0 Å². The number of hydrogen-bond donors (Lipinski definition) is 1. The Morgan fingerprint density at radius 1 is 1.27 bits per heavy atom. The molecule has 3 nitrogen and oxygen atoms in total. The molecule has 6 heteroatoms. The average Bonchev–Trinajstić information content (AvgIpc) is 2.94. The van der Waals surface area contributed by atoms with Crippen LogP contribution < -0.4 is 0 Å². The highest BCUT2D eigenvalue weighted by atomic mass is 19.2. The Hall–Kier alpha value is -1.82. The summed E-state index contributed by atoms with van der Waals surface area (Å²) in [5.74, 6) is -2.52. The second kappa shape index (κ2) is 6.12. The number of nitrogens with one attached hydrogen (secondary N) is 1. The molecule has 1 aliphatic rings. The summed E-state index contributed by atoms with van der Waals surface area (Å²) in [5, 5.41) is 7.04. The number of halogens is 3. The van der Waals surface area contributed by atoms with Crippen LogP contribution in [0.15, 0.2) is 18.3 Å². The van der Waals surface area contributed by atoms with E-state index in [4.69, 9.17) is 0 Å². The van der Waals surface area contributed by atoms with Crippen molar-refractivity contribution < 1.29 is 13.2 Å². The summed E-state index contributed by atoms with van der Waals surface area (Å²) >= 11 is 0. The Morgan fingerprint density at radius 3 is 2.77 bits per heavy atom. The van der Waals surface area contributed by atoms with Gasteiger partial charge in [0.1, 0.15) is 5.82 Å². The van der Waals surface area contributed by atoms with Gasteiger partial charge >= 0.3 is 0 Å². The van der Waals surface area contributed by atoms with Gasteiger partial charge in [0.05, 0.1) is 6.20 Å². The summed E-state index contributed by atoms with van der Waals surface area (Å²) in [6.45, 7) is 3.50. The molecule has 3 rings (SSSR count). The van der Waals surface area contributed by atoms with Gasteiger partial charge in [-0.15, -0.1) is 0 Å². The molecule has 0 aliphatic carbocycles. The van der Waals surface area contributed by atoms with Crippen molar-refractivity contribution in [3.8, 4) is 0 Å². The predicted octanol–water partition coefficient (Wildman–Crippen LogP) is 3.52. The zero-order valence-electron chi connectivity index (χ0n) is 12.4. The largest absolute Gasteiger partial charge is 0.298 e. The maximum atomic E-state index is 13.8. The Kier molecular flexibility index (Phi) is 4.20. The second-order valence-electron chi connectivity index (χ2n) is 5.86. The number of benzene rings is 1. The van der Waals surface area contributed by atoms with E-state index in [0.29, 0.717) is 6.54 Å². The summed E-state index contributed by atoms with van der Waals surface area (Å²) in [5.41, 5.74) is 1.97. The highest BCUT2D eigenvalue weighted by Crippen LogP contribution is 2.29. The van der Waals surface area contributed by atoms with Gasteiger partial charge in [-0.1, -0.05) is 0 Å². The van der Waals surface area contributed by atoms with E-state index in [1.807, 2.05) is 11.8 Å². The van der Waals surface area contributed by atoms with Crippen LogP contribution in [0.25, 0.3) is 0 Å². The zero-order chi connectivity index (χ0) is 15.7. The number of rotatable bonds is 3. The van der Waals surface area contributed by atoms with Crippen molar-refractivity contribution in [2.45, 2.75) is 32.2 Å². The standard InChI is InChI=1S/C16H18F3N3/c1-10-7-20-21-16(10)11-3-2-6-22(8-11)9-12-13(17)4-5-14(18)15(12)19/h4-5,7,11H,2-3,6,8-9H2,1H3,(H,20,21)/t11-/m1/s1. The van der Waals surface area contributed by atoms with Gasteiger partial charge in [0.25, 0.3) is 0 Å². The molecule has 22 heavy (non-hydrogen) atoms. The number of H-pyrrole nitrogens is 1. The molecule has 2 heterocycles. The summed E-state index contributed by atoms with van der Waals surface area (Å²) < 4.78 is 40.9. The molecule has 1 aromatic carbocycles. The topological polar surface area (TPSA) is 31.9 Å². The van der Waals surface area contributed by atoms with Gasteiger partial charge in [-0.05, 0) is 44.0 Å². The zero-order valence-corrected chi connectivity index (χ0v) is 12.4. The molecule has 1 N–H and O–H groups in total. The number of likely N-dealkylation sites (tertiary alicyclic amines) is 1. The van der Waals surface area contributed by atoms with Gasteiger partial charge in [-0.3, -0.25) is 10.00 Å². The van der Waals surface area contributed by atoms with E-state index >= 15 is 0 Å². The fourth-order valence-corrected chi connectivity index (χ4v) is 3.14. The lowest BCUT2D eigenvalue weighted by Crippen LogP contribution is -2.34. The monoisotopic (exact) mass is 309 g/mol. The van der Waals surface area contributed by atoms with Crippen molar-refractivity contribution in [2.24, 2.45) is 0 Å². The van der Waals surface area contributed by atoms with E-state index in [1.54, 1.807) is 6.20 Å². The van der Waals surface area contributed by atoms with Gasteiger partial charge in [-0.25, -0.2) is 13.2 Å². The minimum Gasteiger partial charge on any atom is -0.298 e. The second-order valence-corrected chi connectivity index (χ2v) is 5.86. The van der Waals surface area contributed by atoms with Gasteiger partial charge in [0.15, 0.2) is 11.6 Å². The number of piperidine rings is 1. The van der Waals surface area contributed by atoms with Crippen LogP contribution >= 0.6 is 0 Å². The average molecular weight is 309 g/mol. The van der Waals surface area contributed by atoms with Crippen LogP contribution in [0.1, 0.15) is 35.6 Å². The van der Waals surface area contributed by atoms with Crippen molar-refractivity contribution in [3.05, 3.63) is 52.6 Å². The van der Waals surface area contributed by atoms with E-state index in [-0.39, 0.29) is 18.0 Å². The molecule has 0 saturated carbocycles. The van der Waals surface area contributed by atoms with Crippen LogP contribution in [-0.4, -0.2) is 28.2 Å². The van der Waals surface area contributed by atoms with Crippen LogP contribution in [0.3, 0.4) is 0 Å². The molecule has 1 atom stereocenters. The first kappa shape index (κ1) is 15.1. The van der Waals surface area contributed by atoms with E-state index in [2.05, 4.69) is 10.2 Å². The van der Waals surface area contributed by atoms with Crippen molar-refractivity contribution in [3.63, 3.8) is 0 Å². The quantitative estimate of drug-likeness (QED) is 0.880. The maximum Gasteiger partial charge on any atom is 0.166 e. The van der Waals surface area contributed by atoms with Crippen molar-refractivity contribution >= 4 is 0 Å². The van der Waals surface area contributed by atoms with Crippen LogP contribution in [0.4, 0.5) is 13.2 Å². The lowest BCUT2D eigenvalue weighted by molar-refractivity contribution is 0.193. The molecule has 1 aliphatic heterocycles. The number of aromatic nitrogens is 2. The molecule has 1 aromatic heterocycles. The molecule has 0 unspecified atom stereocenters. The molecule has 0 bridgehead atoms. The first-order valence-corrected chi connectivity index (χ1v) is 7.41. The smallest absolute Gasteiger partial charge is 0.166 e. The van der Waals surface area contributed by atoms with Crippen LogP contribution in [0.2, 0.25) is 0 Å². The molecular weight excluding hydrogens is 291 g/mol. The van der Waals surface area contributed by atoms with E-state index in [1.165, 1.54) is 0 Å². The molecule has 2 aromatic rings. The molecule has 0 amide bonds. The predicted molar refractivity (Wildman–Crippen MR) is 76.9 cm³/mol. The SMILES string of the molecule is Cc1cn[nH]c1[C@@H]1CCCN(Cc2c(F)ccc(F)c2F)C1. The van der Waals surface area contributed by atoms with Gasteiger partial charge in [-0.2, -0.15) is 5.10 Å². The molecule has 1 saturated heterocycles. The van der Waals surface area contributed by atoms with E-state index in [0.717, 1.165) is 42.8 Å². The molecule has 0 radical (unpaired) electrons. The van der Waals surface area contributed by atoms with Crippen LogP contribution in [0, 0.1) is 24.4 Å². The molecule has 1 fully saturated rings. The summed E-state index contributed by atoms with van der Waals surface area (Å²) in [7, 11) is 0. The maximum absolute atomic E-state index is 13.8. The fraction of sp³-hybridized carbons (Fsp3) is 0.438. The number of aromatic amines is 1. The third-order valence-electron chi connectivity index (χ3n) is 4.30. The lowest BCUT2D eigenvalue weighted by Gasteiger charge is -2.32. The highest BCUT2D eigenvalue weighted by molar-refractivity contribution is 5.22. The van der Waals surface area contributed by atoms with Crippen LogP contribution in [0.5, 0.6) is 0 Å². The minimum absolute atomic E-state index is 0.0825. The third-order valence-corrected chi connectivity index (χ3v) is 4.30. The Morgan fingerprint density at radius 2 is 2.05 bits per heavy atom. The minimum atomic E-state index is -1.08. The van der Waals surface area contributed by atoms with Crippen LogP contribution in [-0.2, 0) is 6.54 Å². The Labute approximate surface area is 127 Å². The van der Waals surface area contributed by atoms with Gasteiger partial charge in [0.2, 0.25) is 0 Å². The van der Waals surface area contributed by atoms with E-state index in [9.17, 15) is 13.2 Å². The molecule has 118 valence electrons. The van der Waals surface area contributed by atoms with Gasteiger partial charge in [0, 0.05) is 30.3 Å². The Balaban J connectivity index is 1.76. The van der Waals surface area contributed by atoms with E-state index < -0.39 is 17.5 Å². The van der Waals surface area contributed by atoms with Gasteiger partial charge < -0.3 is 0 Å². The first-order valence-electron chi connectivity index (χ1n) is 7.41. The highest BCUT2D eigenvalue weighted by Gasteiger charge is 2.25. The van der Waals surface area contributed by atoms with Crippen molar-refractivity contribution in [2.75, 3.05) is 13.1 Å². The normalized spacial score (nSPS) is 19.5. The fourth-order valence-electron chi connectivity index (χ4n) is 3.14. The Bertz CT molecular complexity index is 669.